The van der Waals surface area contributed by atoms with Crippen molar-refractivity contribution in [2.24, 2.45) is 0 Å². The molecule has 1 atom stereocenters. The molecule has 2 aromatic carbocycles. The third-order valence-corrected chi connectivity index (χ3v) is 3.83. The third-order valence-electron chi connectivity index (χ3n) is 2.91. The van der Waals surface area contributed by atoms with Gasteiger partial charge >= 0.3 is 0 Å². The van der Waals surface area contributed by atoms with Gasteiger partial charge in [-0.25, -0.2) is 0 Å². The fourth-order valence-corrected chi connectivity index (χ4v) is 3.35. The predicted molar refractivity (Wildman–Crippen MR) is 81.8 cm³/mol. The van der Waals surface area contributed by atoms with Crippen molar-refractivity contribution in [1.29, 1.82) is 0 Å². The maximum atomic E-state index is 10.2. The number of hydrogen-bond donors (Lipinski definition) is 1. The smallest absolute Gasteiger partial charge is 0.133 e. The summed E-state index contributed by atoms with van der Waals surface area (Å²) < 4.78 is 7.76. The number of aliphatic hydroxyl groups is 1. The molecule has 0 saturated heterocycles. The minimum atomic E-state index is -0.641. The van der Waals surface area contributed by atoms with E-state index in [0.717, 1.165) is 20.1 Å². The average molecular weight is 382 g/mol. The summed E-state index contributed by atoms with van der Waals surface area (Å²) in [5.41, 5.74) is 1.70. The number of para-hydroxylation sites is 1. The van der Waals surface area contributed by atoms with Gasteiger partial charge in [0.15, 0.2) is 0 Å². The van der Waals surface area contributed by atoms with Crippen molar-refractivity contribution in [3.63, 3.8) is 0 Å². The molecule has 0 aromatic heterocycles. The van der Waals surface area contributed by atoms with E-state index in [4.69, 9.17) is 4.74 Å². The lowest BCUT2D eigenvalue weighted by Gasteiger charge is -2.22. The van der Waals surface area contributed by atoms with Gasteiger partial charge in [0.05, 0.1) is 0 Å². The molecule has 19 heavy (non-hydrogen) atoms. The molecule has 0 fully saturated rings. The fraction of sp³-hybridized carbons (Fsp3) is 0.0667. The number of rotatable bonds is 1. The van der Waals surface area contributed by atoms with Gasteiger partial charge in [-0.05, 0) is 30.3 Å². The summed E-state index contributed by atoms with van der Waals surface area (Å²) in [6.45, 7) is 0. The number of benzene rings is 2. The molecule has 0 amide bonds. The minimum absolute atomic E-state index is 0.641. The molecule has 2 nitrogen and oxygen atoms in total. The van der Waals surface area contributed by atoms with Gasteiger partial charge in [-0.1, -0.05) is 50.1 Å². The van der Waals surface area contributed by atoms with Crippen LogP contribution in [0.4, 0.5) is 0 Å². The second-order valence-corrected chi connectivity index (χ2v) is 6.11. The first-order valence-electron chi connectivity index (χ1n) is 5.76. The maximum Gasteiger partial charge on any atom is 0.133 e. The summed E-state index contributed by atoms with van der Waals surface area (Å²) in [5, 5.41) is 10.2. The van der Waals surface area contributed by atoms with Gasteiger partial charge in [-0.15, -0.1) is 0 Å². The molecule has 3 rings (SSSR count). The lowest BCUT2D eigenvalue weighted by atomic mass is 10.0. The number of hydrogen-bond acceptors (Lipinski definition) is 2. The van der Waals surface area contributed by atoms with Crippen LogP contribution in [0.1, 0.15) is 17.2 Å². The summed E-state index contributed by atoms with van der Waals surface area (Å²) >= 11 is 6.90. The first kappa shape index (κ1) is 12.9. The van der Waals surface area contributed by atoms with E-state index in [1.807, 2.05) is 42.5 Å². The Morgan fingerprint density at radius 1 is 1.00 bits per heavy atom. The monoisotopic (exact) mass is 380 g/mol. The van der Waals surface area contributed by atoms with Gasteiger partial charge in [0.25, 0.3) is 0 Å². The van der Waals surface area contributed by atoms with Crippen LogP contribution < -0.4 is 4.74 Å². The molecule has 0 saturated carbocycles. The molecule has 0 aliphatic carbocycles. The summed E-state index contributed by atoms with van der Waals surface area (Å²) in [6.07, 6.45) is 1.08. The Morgan fingerprint density at radius 3 is 2.42 bits per heavy atom. The molecule has 0 radical (unpaired) electrons. The van der Waals surface area contributed by atoms with Crippen LogP contribution >= 0.6 is 31.9 Å². The van der Waals surface area contributed by atoms with Crippen molar-refractivity contribution in [3.8, 4) is 5.75 Å². The lowest BCUT2D eigenvalue weighted by molar-refractivity contribution is 0.217. The third kappa shape index (κ3) is 2.61. The molecule has 0 spiro atoms. The molecule has 1 N–H and O–H groups in total. The molecular formula is C15H10Br2O2. The highest BCUT2D eigenvalue weighted by molar-refractivity contribution is 9.11. The average Bonchev–Trinajstić information content (AvgIpc) is 2.37. The van der Waals surface area contributed by atoms with Crippen molar-refractivity contribution < 1.29 is 9.84 Å². The van der Waals surface area contributed by atoms with Crippen LogP contribution in [0.5, 0.6) is 5.75 Å². The van der Waals surface area contributed by atoms with Crippen LogP contribution in [0.2, 0.25) is 0 Å². The molecule has 1 heterocycles. The van der Waals surface area contributed by atoms with E-state index in [9.17, 15) is 5.11 Å². The van der Waals surface area contributed by atoms with Crippen molar-refractivity contribution in [3.05, 3.63) is 68.6 Å². The standard InChI is InChI=1S/C15H10Br2O2/c16-10-5-9(6-11(17)7-10)15-8-13(18)12-3-1-2-4-14(12)19-15/h1-8,13,18H. The van der Waals surface area contributed by atoms with Crippen LogP contribution in [-0.4, -0.2) is 5.11 Å². The number of ether oxygens (including phenoxy) is 1. The molecule has 96 valence electrons. The van der Waals surface area contributed by atoms with Crippen molar-refractivity contribution in [1.82, 2.24) is 0 Å². The normalized spacial score (nSPS) is 17.4. The topological polar surface area (TPSA) is 29.5 Å². The number of aliphatic hydroxyl groups excluding tert-OH is 1. The van der Waals surface area contributed by atoms with Gasteiger partial charge in [0.2, 0.25) is 0 Å². The lowest BCUT2D eigenvalue weighted by Crippen LogP contribution is -2.08. The Morgan fingerprint density at radius 2 is 1.68 bits per heavy atom. The molecule has 0 bridgehead atoms. The Kier molecular flexibility index (Phi) is 3.48. The number of fused-ring (bicyclic) bond motifs is 1. The second kappa shape index (κ2) is 5.12. The Bertz CT molecular complexity index is 645. The SMILES string of the molecule is OC1C=C(c2cc(Br)cc(Br)c2)Oc2ccccc21. The highest BCUT2D eigenvalue weighted by Gasteiger charge is 2.20. The zero-order valence-electron chi connectivity index (χ0n) is 9.81. The summed E-state index contributed by atoms with van der Waals surface area (Å²) in [5.74, 6) is 1.36. The first-order chi connectivity index (χ1) is 9.13. The van der Waals surface area contributed by atoms with Gasteiger partial charge in [0.1, 0.15) is 17.6 Å². The predicted octanol–water partition coefficient (Wildman–Crippen LogP) is 4.68. The van der Waals surface area contributed by atoms with E-state index < -0.39 is 6.10 Å². The van der Waals surface area contributed by atoms with Crippen LogP contribution in [0.15, 0.2) is 57.5 Å². The van der Waals surface area contributed by atoms with Crippen LogP contribution in [-0.2, 0) is 0 Å². The molecule has 1 aliphatic heterocycles. The van der Waals surface area contributed by atoms with E-state index in [1.165, 1.54) is 0 Å². The molecular weight excluding hydrogens is 372 g/mol. The van der Waals surface area contributed by atoms with E-state index in [1.54, 1.807) is 6.08 Å². The summed E-state index contributed by atoms with van der Waals surface area (Å²) in [6, 6.07) is 13.4. The second-order valence-electron chi connectivity index (χ2n) is 4.27. The first-order valence-corrected chi connectivity index (χ1v) is 7.35. The quantitative estimate of drug-likeness (QED) is 0.777. The summed E-state index contributed by atoms with van der Waals surface area (Å²) in [4.78, 5) is 0. The molecule has 1 aliphatic rings. The zero-order chi connectivity index (χ0) is 13.4. The van der Waals surface area contributed by atoms with Crippen molar-refractivity contribution in [2.75, 3.05) is 0 Å². The largest absolute Gasteiger partial charge is 0.457 e. The van der Waals surface area contributed by atoms with Crippen LogP contribution in [0.3, 0.4) is 0 Å². The van der Waals surface area contributed by atoms with Gasteiger partial charge in [0, 0.05) is 20.1 Å². The van der Waals surface area contributed by atoms with E-state index in [0.29, 0.717) is 11.5 Å². The van der Waals surface area contributed by atoms with Gasteiger partial charge in [-0.3, -0.25) is 0 Å². The van der Waals surface area contributed by atoms with Crippen LogP contribution in [0, 0.1) is 0 Å². The van der Waals surface area contributed by atoms with E-state index >= 15 is 0 Å². The Hall–Kier alpha value is -1.10. The van der Waals surface area contributed by atoms with Crippen molar-refractivity contribution in [2.45, 2.75) is 6.10 Å². The minimum Gasteiger partial charge on any atom is -0.457 e. The highest BCUT2D eigenvalue weighted by atomic mass is 79.9. The zero-order valence-corrected chi connectivity index (χ0v) is 13.0. The molecule has 4 heteroatoms. The van der Waals surface area contributed by atoms with Crippen LogP contribution in [0.25, 0.3) is 5.76 Å². The van der Waals surface area contributed by atoms with Gasteiger partial charge < -0.3 is 9.84 Å². The molecule has 1 unspecified atom stereocenters. The van der Waals surface area contributed by atoms with Crippen molar-refractivity contribution >= 4 is 37.6 Å². The molecule has 2 aromatic rings. The fourth-order valence-electron chi connectivity index (χ4n) is 2.05. The van der Waals surface area contributed by atoms with E-state index in [-0.39, 0.29) is 0 Å². The van der Waals surface area contributed by atoms with E-state index in [2.05, 4.69) is 31.9 Å². The Balaban J connectivity index is 2.04. The van der Waals surface area contributed by atoms with Gasteiger partial charge in [-0.2, -0.15) is 0 Å². The maximum absolute atomic E-state index is 10.2. The summed E-state index contributed by atoms with van der Waals surface area (Å²) in [7, 11) is 0. The number of halogens is 2. The highest BCUT2D eigenvalue weighted by Crippen LogP contribution is 2.37. The Labute approximate surface area is 128 Å².